The first kappa shape index (κ1) is 13.4. The van der Waals surface area contributed by atoms with Crippen molar-refractivity contribution >= 4 is 5.91 Å². The van der Waals surface area contributed by atoms with Crippen molar-refractivity contribution in [2.75, 3.05) is 45.8 Å². The Hall–Kier alpha value is -0.610. The van der Waals surface area contributed by atoms with Crippen molar-refractivity contribution in [3.05, 3.63) is 0 Å². The van der Waals surface area contributed by atoms with Gasteiger partial charge >= 0.3 is 0 Å². The third-order valence-corrected chi connectivity index (χ3v) is 5.21. The summed E-state index contributed by atoms with van der Waals surface area (Å²) in [5.41, 5.74) is 0. The first-order valence-corrected chi connectivity index (χ1v) is 8.04. The van der Waals surface area contributed by atoms with Gasteiger partial charge in [0.25, 0.3) is 0 Å². The average molecular weight is 265 g/mol. The van der Waals surface area contributed by atoms with Gasteiger partial charge in [-0.25, -0.2) is 0 Å². The molecule has 1 saturated carbocycles. The first-order chi connectivity index (χ1) is 9.33. The summed E-state index contributed by atoms with van der Waals surface area (Å²) in [6.07, 6.45) is 6.79. The van der Waals surface area contributed by atoms with Crippen LogP contribution in [0.15, 0.2) is 0 Å². The van der Waals surface area contributed by atoms with Crippen LogP contribution in [0, 0.1) is 11.8 Å². The number of likely N-dealkylation sites (tertiary alicyclic amines) is 1. The molecule has 0 aromatic rings. The van der Waals surface area contributed by atoms with Gasteiger partial charge in [-0.3, -0.25) is 9.69 Å². The lowest BCUT2D eigenvalue weighted by molar-refractivity contribution is -0.135. The minimum absolute atomic E-state index is 0.367. The fraction of sp³-hybridized carbons (Fsp3) is 0.933. The quantitative estimate of drug-likeness (QED) is 0.807. The van der Waals surface area contributed by atoms with Gasteiger partial charge in [0.15, 0.2) is 0 Å². The summed E-state index contributed by atoms with van der Waals surface area (Å²) in [6, 6.07) is 0. The second-order valence-corrected chi connectivity index (χ2v) is 6.46. The van der Waals surface area contributed by atoms with Gasteiger partial charge in [0, 0.05) is 39.3 Å². The van der Waals surface area contributed by atoms with Crippen molar-refractivity contribution in [2.45, 2.75) is 32.1 Å². The smallest absolute Gasteiger partial charge is 0.236 e. The summed E-state index contributed by atoms with van der Waals surface area (Å²) in [4.78, 5) is 16.8. The molecule has 0 aromatic heterocycles. The lowest BCUT2D eigenvalue weighted by Gasteiger charge is -2.42. The Labute approximate surface area is 116 Å². The molecule has 2 saturated heterocycles. The number of carbonyl (C=O) groups is 1. The van der Waals surface area contributed by atoms with Gasteiger partial charge in [-0.05, 0) is 24.7 Å². The Kier molecular flexibility index (Phi) is 4.38. The number of amides is 1. The van der Waals surface area contributed by atoms with E-state index in [2.05, 4.69) is 15.1 Å². The SMILES string of the molecule is O=C(CN1CCNCC1)N1CCC2CCCCC2C1. The van der Waals surface area contributed by atoms with Crippen LogP contribution in [-0.2, 0) is 4.79 Å². The standard InChI is InChI=1S/C15H27N3O/c19-15(12-17-9-6-16-7-10-17)18-8-5-13-3-1-2-4-14(13)11-18/h13-14,16H,1-12H2. The van der Waals surface area contributed by atoms with Crippen molar-refractivity contribution in [3.63, 3.8) is 0 Å². The normalized spacial score (nSPS) is 32.9. The molecule has 4 heteroatoms. The van der Waals surface area contributed by atoms with Crippen molar-refractivity contribution in [1.29, 1.82) is 0 Å². The van der Waals surface area contributed by atoms with Crippen molar-refractivity contribution in [3.8, 4) is 0 Å². The molecule has 2 heterocycles. The Balaban J connectivity index is 1.49. The van der Waals surface area contributed by atoms with E-state index in [1.165, 1.54) is 32.1 Å². The summed E-state index contributed by atoms with van der Waals surface area (Å²) in [5.74, 6) is 2.08. The molecule has 3 aliphatic rings. The number of piperidine rings is 1. The van der Waals surface area contributed by atoms with Crippen molar-refractivity contribution in [1.82, 2.24) is 15.1 Å². The molecule has 3 rings (SSSR count). The Morgan fingerprint density at radius 3 is 2.53 bits per heavy atom. The average Bonchev–Trinajstić information content (AvgIpc) is 2.48. The van der Waals surface area contributed by atoms with E-state index in [1.807, 2.05) is 0 Å². The van der Waals surface area contributed by atoms with Crippen molar-refractivity contribution < 1.29 is 4.79 Å². The second kappa shape index (κ2) is 6.23. The number of fused-ring (bicyclic) bond motifs is 1. The first-order valence-electron chi connectivity index (χ1n) is 8.04. The molecular weight excluding hydrogens is 238 g/mol. The largest absolute Gasteiger partial charge is 0.341 e. The number of rotatable bonds is 2. The Morgan fingerprint density at radius 2 is 1.74 bits per heavy atom. The molecule has 2 unspecified atom stereocenters. The molecule has 1 amide bonds. The van der Waals surface area contributed by atoms with E-state index >= 15 is 0 Å². The van der Waals surface area contributed by atoms with Crippen LogP contribution in [0.3, 0.4) is 0 Å². The number of nitrogens with one attached hydrogen (secondary N) is 1. The summed E-state index contributed by atoms with van der Waals surface area (Å²) in [6.45, 7) is 6.77. The summed E-state index contributed by atoms with van der Waals surface area (Å²) < 4.78 is 0. The van der Waals surface area contributed by atoms with E-state index in [0.29, 0.717) is 12.5 Å². The van der Waals surface area contributed by atoms with Gasteiger partial charge in [0.05, 0.1) is 6.54 Å². The summed E-state index contributed by atoms with van der Waals surface area (Å²) >= 11 is 0. The third kappa shape index (κ3) is 3.29. The number of carbonyl (C=O) groups excluding carboxylic acids is 1. The minimum atomic E-state index is 0.367. The Bertz CT molecular complexity index is 315. The maximum absolute atomic E-state index is 12.4. The molecule has 1 N–H and O–H groups in total. The highest BCUT2D eigenvalue weighted by Crippen LogP contribution is 2.35. The van der Waals surface area contributed by atoms with E-state index in [4.69, 9.17) is 0 Å². The highest BCUT2D eigenvalue weighted by molar-refractivity contribution is 5.78. The maximum Gasteiger partial charge on any atom is 0.236 e. The van der Waals surface area contributed by atoms with Gasteiger partial charge in [-0.1, -0.05) is 19.3 Å². The second-order valence-electron chi connectivity index (χ2n) is 6.46. The Morgan fingerprint density at radius 1 is 1.00 bits per heavy atom. The lowest BCUT2D eigenvalue weighted by Crippen LogP contribution is -2.51. The van der Waals surface area contributed by atoms with Crippen LogP contribution >= 0.6 is 0 Å². The molecule has 2 aliphatic heterocycles. The predicted octanol–water partition coefficient (Wildman–Crippen LogP) is 0.930. The van der Waals surface area contributed by atoms with E-state index in [9.17, 15) is 4.79 Å². The minimum Gasteiger partial charge on any atom is -0.341 e. The molecule has 19 heavy (non-hydrogen) atoms. The predicted molar refractivity (Wildman–Crippen MR) is 76.0 cm³/mol. The highest BCUT2D eigenvalue weighted by atomic mass is 16.2. The highest BCUT2D eigenvalue weighted by Gasteiger charge is 2.33. The van der Waals surface area contributed by atoms with Crippen LogP contribution in [0.1, 0.15) is 32.1 Å². The lowest BCUT2D eigenvalue weighted by atomic mass is 9.75. The fourth-order valence-electron chi connectivity index (χ4n) is 3.99. The zero-order valence-electron chi connectivity index (χ0n) is 11.9. The number of hydrogen-bond donors (Lipinski definition) is 1. The molecule has 0 spiro atoms. The van der Waals surface area contributed by atoms with Gasteiger partial charge in [-0.15, -0.1) is 0 Å². The van der Waals surface area contributed by atoms with Gasteiger partial charge in [0.2, 0.25) is 5.91 Å². The molecular formula is C15H27N3O. The van der Waals surface area contributed by atoms with Crippen molar-refractivity contribution in [2.24, 2.45) is 11.8 Å². The maximum atomic E-state index is 12.4. The van der Waals surface area contributed by atoms with Crippen LogP contribution in [-0.4, -0.2) is 61.5 Å². The summed E-state index contributed by atoms with van der Waals surface area (Å²) in [5, 5.41) is 3.34. The molecule has 2 atom stereocenters. The van der Waals surface area contributed by atoms with Crippen LogP contribution in [0.2, 0.25) is 0 Å². The van der Waals surface area contributed by atoms with E-state index in [1.54, 1.807) is 0 Å². The number of piperazine rings is 1. The van der Waals surface area contributed by atoms with Crippen LogP contribution in [0.25, 0.3) is 0 Å². The fourth-order valence-corrected chi connectivity index (χ4v) is 3.99. The van der Waals surface area contributed by atoms with Gasteiger partial charge in [-0.2, -0.15) is 0 Å². The van der Waals surface area contributed by atoms with Crippen LogP contribution in [0.5, 0.6) is 0 Å². The molecule has 108 valence electrons. The molecule has 0 aromatic carbocycles. The zero-order chi connectivity index (χ0) is 13.1. The third-order valence-electron chi connectivity index (χ3n) is 5.21. The molecule has 0 radical (unpaired) electrons. The number of hydrogen-bond acceptors (Lipinski definition) is 3. The van der Waals surface area contributed by atoms with Gasteiger partial charge < -0.3 is 10.2 Å². The number of nitrogens with zero attached hydrogens (tertiary/aromatic N) is 2. The van der Waals surface area contributed by atoms with Crippen LogP contribution < -0.4 is 5.32 Å². The van der Waals surface area contributed by atoms with Gasteiger partial charge in [0.1, 0.15) is 0 Å². The molecule has 1 aliphatic carbocycles. The topological polar surface area (TPSA) is 35.6 Å². The zero-order valence-corrected chi connectivity index (χ0v) is 11.9. The molecule has 4 nitrogen and oxygen atoms in total. The van der Waals surface area contributed by atoms with E-state index < -0.39 is 0 Å². The van der Waals surface area contributed by atoms with Crippen LogP contribution in [0.4, 0.5) is 0 Å². The summed E-state index contributed by atoms with van der Waals surface area (Å²) in [7, 11) is 0. The van der Waals surface area contributed by atoms with E-state index in [-0.39, 0.29) is 0 Å². The molecule has 3 fully saturated rings. The van der Waals surface area contributed by atoms with E-state index in [0.717, 1.165) is 51.1 Å². The molecule has 0 bridgehead atoms. The monoisotopic (exact) mass is 265 g/mol.